The zero-order valence-electron chi connectivity index (χ0n) is 12.5. The average Bonchev–Trinajstić information content (AvgIpc) is 2.49. The molecule has 1 aliphatic rings. The Hall–Kier alpha value is -1.58. The molecule has 4 heteroatoms. The highest BCUT2D eigenvalue weighted by Crippen LogP contribution is 2.20. The maximum atomic E-state index is 4.27. The van der Waals surface area contributed by atoms with Gasteiger partial charge in [-0.3, -0.25) is 0 Å². The van der Waals surface area contributed by atoms with Gasteiger partial charge in [-0.15, -0.1) is 0 Å². The maximum Gasteiger partial charge on any atom is 0.131 e. The summed E-state index contributed by atoms with van der Waals surface area (Å²) in [6.45, 7) is 4.12. The van der Waals surface area contributed by atoms with Crippen LogP contribution in [0.5, 0.6) is 0 Å². The normalized spacial score (nSPS) is 14.8. The summed E-state index contributed by atoms with van der Waals surface area (Å²) >= 11 is 0. The lowest BCUT2D eigenvalue weighted by Gasteiger charge is -2.13. The van der Waals surface area contributed by atoms with Crippen LogP contribution < -0.4 is 10.6 Å². The van der Waals surface area contributed by atoms with Crippen LogP contribution in [0.25, 0.3) is 0 Å². The number of unbranched alkanes of at least 4 members (excludes halogenated alkanes) is 1. The predicted octanol–water partition coefficient (Wildman–Crippen LogP) is 3.99. The zero-order chi connectivity index (χ0) is 14.0. The van der Waals surface area contributed by atoms with E-state index in [0.29, 0.717) is 0 Å². The predicted molar refractivity (Wildman–Crippen MR) is 85.1 cm³/mol. The molecule has 0 unspecified atom stereocenters. The highest BCUT2D eigenvalue weighted by atomic mass is 15.1. The number of hydrogen-bond donors (Lipinski definition) is 2. The first-order valence-electron chi connectivity index (χ1n) is 7.86. The third-order valence-corrected chi connectivity index (χ3v) is 3.64. The van der Waals surface area contributed by atoms with Crippen LogP contribution in [0.3, 0.4) is 0 Å². The number of allylic oxidation sites excluding steroid dienone is 1. The van der Waals surface area contributed by atoms with Crippen LogP contribution in [0.15, 0.2) is 24.0 Å². The first kappa shape index (κ1) is 14.8. The van der Waals surface area contributed by atoms with Crippen molar-refractivity contribution in [3.8, 4) is 0 Å². The molecule has 0 amide bonds. The quantitative estimate of drug-likeness (QED) is 0.556. The Balaban J connectivity index is 1.74. The first-order valence-corrected chi connectivity index (χ1v) is 7.86. The molecule has 0 bridgehead atoms. The van der Waals surface area contributed by atoms with E-state index in [4.69, 9.17) is 0 Å². The Morgan fingerprint density at radius 1 is 1.10 bits per heavy atom. The zero-order valence-corrected chi connectivity index (χ0v) is 12.5. The molecule has 0 radical (unpaired) electrons. The minimum Gasteiger partial charge on any atom is -0.370 e. The van der Waals surface area contributed by atoms with E-state index in [1.54, 1.807) is 11.9 Å². The van der Waals surface area contributed by atoms with Gasteiger partial charge < -0.3 is 10.6 Å². The first-order chi connectivity index (χ1) is 9.88. The van der Waals surface area contributed by atoms with Gasteiger partial charge >= 0.3 is 0 Å². The smallest absolute Gasteiger partial charge is 0.131 e. The number of hydrogen-bond acceptors (Lipinski definition) is 4. The molecule has 1 aliphatic carbocycles. The summed E-state index contributed by atoms with van der Waals surface area (Å²) in [7, 11) is 0. The van der Waals surface area contributed by atoms with Crippen molar-refractivity contribution in [1.29, 1.82) is 0 Å². The Bertz CT molecular complexity index is 428. The Morgan fingerprint density at radius 3 is 2.60 bits per heavy atom. The molecule has 4 nitrogen and oxygen atoms in total. The van der Waals surface area contributed by atoms with Crippen molar-refractivity contribution < 1.29 is 0 Å². The van der Waals surface area contributed by atoms with Crippen LogP contribution in [0.1, 0.15) is 51.9 Å². The molecule has 0 atom stereocenters. The summed E-state index contributed by atoms with van der Waals surface area (Å²) in [6, 6.07) is 1.99. The molecule has 0 aliphatic heterocycles. The lowest BCUT2D eigenvalue weighted by atomic mass is 9.97. The van der Waals surface area contributed by atoms with Crippen LogP contribution in [0, 0.1) is 0 Å². The van der Waals surface area contributed by atoms with Crippen molar-refractivity contribution in [1.82, 2.24) is 9.97 Å². The molecule has 0 spiro atoms. The Morgan fingerprint density at radius 2 is 1.90 bits per heavy atom. The van der Waals surface area contributed by atoms with Crippen molar-refractivity contribution in [3.63, 3.8) is 0 Å². The van der Waals surface area contributed by atoms with E-state index in [1.807, 2.05) is 6.07 Å². The monoisotopic (exact) mass is 274 g/mol. The topological polar surface area (TPSA) is 49.8 Å². The van der Waals surface area contributed by atoms with E-state index >= 15 is 0 Å². The van der Waals surface area contributed by atoms with Gasteiger partial charge in [0.1, 0.15) is 18.0 Å². The van der Waals surface area contributed by atoms with Gasteiger partial charge in [0.2, 0.25) is 0 Å². The molecule has 0 fully saturated rings. The Labute approximate surface area is 122 Å². The lowest BCUT2D eigenvalue weighted by Crippen LogP contribution is -2.08. The van der Waals surface area contributed by atoms with E-state index in [-0.39, 0.29) is 0 Å². The Kier molecular flexibility index (Phi) is 6.35. The van der Waals surface area contributed by atoms with Crippen LogP contribution in [0.4, 0.5) is 11.6 Å². The molecular formula is C16H26N4. The fraction of sp³-hybridized carbons (Fsp3) is 0.625. The molecular weight excluding hydrogens is 248 g/mol. The largest absolute Gasteiger partial charge is 0.370 e. The summed E-state index contributed by atoms with van der Waals surface area (Å²) in [5.74, 6) is 1.82. The van der Waals surface area contributed by atoms with Crippen molar-refractivity contribution in [3.05, 3.63) is 24.0 Å². The maximum absolute atomic E-state index is 4.27. The minimum absolute atomic E-state index is 0.910. The number of aromatic nitrogens is 2. The third-order valence-electron chi connectivity index (χ3n) is 3.64. The lowest BCUT2D eigenvalue weighted by molar-refractivity contribution is 0.679. The van der Waals surface area contributed by atoms with E-state index in [0.717, 1.165) is 31.1 Å². The number of nitrogens with zero attached hydrogens (tertiary/aromatic N) is 2. The van der Waals surface area contributed by atoms with E-state index in [9.17, 15) is 0 Å². The van der Waals surface area contributed by atoms with Gasteiger partial charge in [-0.2, -0.15) is 0 Å². The van der Waals surface area contributed by atoms with E-state index in [1.165, 1.54) is 38.5 Å². The van der Waals surface area contributed by atoms with Crippen molar-refractivity contribution in [2.45, 2.75) is 51.9 Å². The molecule has 1 heterocycles. The molecule has 1 aromatic rings. The van der Waals surface area contributed by atoms with Crippen molar-refractivity contribution in [2.24, 2.45) is 0 Å². The number of nitrogens with one attached hydrogen (secondary N) is 2. The second kappa shape index (κ2) is 8.56. The van der Waals surface area contributed by atoms with Gasteiger partial charge in [0.25, 0.3) is 0 Å². The summed E-state index contributed by atoms with van der Waals surface area (Å²) in [4.78, 5) is 8.50. The van der Waals surface area contributed by atoms with Gasteiger partial charge in [-0.25, -0.2) is 9.97 Å². The van der Waals surface area contributed by atoms with Crippen molar-refractivity contribution >= 4 is 11.6 Å². The van der Waals surface area contributed by atoms with Gasteiger partial charge in [-0.05, 0) is 38.5 Å². The van der Waals surface area contributed by atoms with E-state index < -0.39 is 0 Å². The number of anilines is 2. The summed E-state index contributed by atoms with van der Waals surface area (Å²) in [5.41, 5.74) is 1.60. The molecule has 0 saturated heterocycles. The molecule has 0 saturated carbocycles. The number of rotatable bonds is 8. The highest BCUT2D eigenvalue weighted by Gasteiger charge is 2.03. The van der Waals surface area contributed by atoms with Gasteiger partial charge in [0, 0.05) is 19.2 Å². The summed E-state index contributed by atoms with van der Waals surface area (Å²) < 4.78 is 0. The molecule has 2 N–H and O–H groups in total. The van der Waals surface area contributed by atoms with Crippen LogP contribution >= 0.6 is 0 Å². The van der Waals surface area contributed by atoms with Crippen LogP contribution in [0.2, 0.25) is 0 Å². The molecule has 20 heavy (non-hydrogen) atoms. The fourth-order valence-corrected chi connectivity index (χ4v) is 2.43. The second-order valence-corrected chi connectivity index (χ2v) is 5.35. The van der Waals surface area contributed by atoms with Gasteiger partial charge in [0.15, 0.2) is 0 Å². The standard InChI is InChI=1S/C16H26N4/c1-2-3-10-17-15-12-16(20-13-19-15)18-11-9-14-7-5-4-6-8-14/h7,12-13H,2-6,8-11H2,1H3,(H2,17,18,19,20). The summed E-state index contributed by atoms with van der Waals surface area (Å²) in [6.07, 6.45) is 12.8. The van der Waals surface area contributed by atoms with Gasteiger partial charge in [-0.1, -0.05) is 25.0 Å². The van der Waals surface area contributed by atoms with Crippen LogP contribution in [-0.4, -0.2) is 23.1 Å². The minimum atomic E-state index is 0.910. The fourth-order valence-electron chi connectivity index (χ4n) is 2.43. The van der Waals surface area contributed by atoms with Crippen LogP contribution in [-0.2, 0) is 0 Å². The molecule has 1 aromatic heterocycles. The summed E-state index contributed by atoms with van der Waals surface area (Å²) in [5, 5.41) is 6.71. The second-order valence-electron chi connectivity index (χ2n) is 5.35. The SMILES string of the molecule is CCCCNc1cc(NCCC2=CCCCC2)ncn1. The molecule has 110 valence electrons. The van der Waals surface area contributed by atoms with Crippen molar-refractivity contribution in [2.75, 3.05) is 23.7 Å². The molecule has 2 rings (SSSR count). The average molecular weight is 274 g/mol. The molecule has 0 aromatic carbocycles. The van der Waals surface area contributed by atoms with Gasteiger partial charge in [0.05, 0.1) is 0 Å². The third kappa shape index (κ3) is 5.19. The van der Waals surface area contributed by atoms with E-state index in [2.05, 4.69) is 33.6 Å². The highest BCUT2D eigenvalue weighted by molar-refractivity contribution is 5.46.